The molecule has 106 valence electrons. The molecule has 4 aromatic rings. The van der Waals surface area contributed by atoms with E-state index in [9.17, 15) is 0 Å². The average molecular weight is 284 g/mol. The van der Waals surface area contributed by atoms with Crippen molar-refractivity contribution in [3.8, 4) is 11.1 Å². The molecular formula is C21H18N+. The zero-order chi connectivity index (χ0) is 15.1. The fourth-order valence-corrected chi connectivity index (χ4v) is 3.17. The highest BCUT2D eigenvalue weighted by Gasteiger charge is 2.10. The molecule has 0 saturated carbocycles. The first-order valence-electron chi connectivity index (χ1n) is 7.60. The van der Waals surface area contributed by atoms with Gasteiger partial charge in [-0.05, 0) is 34.2 Å². The van der Waals surface area contributed by atoms with Gasteiger partial charge >= 0.3 is 0 Å². The van der Waals surface area contributed by atoms with Crippen molar-refractivity contribution in [2.75, 3.05) is 0 Å². The van der Waals surface area contributed by atoms with Crippen LogP contribution in [0.3, 0.4) is 0 Å². The van der Waals surface area contributed by atoms with Gasteiger partial charge in [0.25, 0.3) is 0 Å². The van der Waals surface area contributed by atoms with Gasteiger partial charge in [0.15, 0.2) is 12.4 Å². The predicted molar refractivity (Wildman–Crippen MR) is 92.8 cm³/mol. The molecule has 1 heterocycles. The van der Waals surface area contributed by atoms with Crippen molar-refractivity contribution in [2.45, 2.75) is 6.92 Å². The Hall–Kier alpha value is -2.67. The largest absolute Gasteiger partial charge is 0.207 e. The number of pyridine rings is 1. The van der Waals surface area contributed by atoms with Crippen molar-refractivity contribution in [1.82, 2.24) is 0 Å². The Labute approximate surface area is 130 Å². The third-order valence-electron chi connectivity index (χ3n) is 4.29. The SMILES string of the molecule is Cc1ccc2cccc(-c3cccc4cc[n+](C)cc34)c2c1. The summed E-state index contributed by atoms with van der Waals surface area (Å²) in [4.78, 5) is 0. The molecule has 1 heteroatoms. The molecule has 4 rings (SSSR count). The molecule has 0 aliphatic carbocycles. The summed E-state index contributed by atoms with van der Waals surface area (Å²) >= 11 is 0. The monoisotopic (exact) mass is 284 g/mol. The number of aryl methyl sites for hydroxylation is 2. The van der Waals surface area contributed by atoms with E-state index in [4.69, 9.17) is 0 Å². The normalized spacial score (nSPS) is 11.2. The van der Waals surface area contributed by atoms with Crippen LogP contribution in [0.1, 0.15) is 5.56 Å². The Morgan fingerprint density at radius 3 is 2.18 bits per heavy atom. The van der Waals surface area contributed by atoms with Crippen molar-refractivity contribution in [1.29, 1.82) is 0 Å². The van der Waals surface area contributed by atoms with Crippen LogP contribution < -0.4 is 4.57 Å². The second-order valence-corrected chi connectivity index (χ2v) is 5.95. The summed E-state index contributed by atoms with van der Waals surface area (Å²) in [6.45, 7) is 2.15. The first-order valence-corrected chi connectivity index (χ1v) is 7.60. The highest BCUT2D eigenvalue weighted by molar-refractivity contribution is 6.05. The zero-order valence-corrected chi connectivity index (χ0v) is 12.9. The topological polar surface area (TPSA) is 3.88 Å². The number of rotatable bonds is 1. The quantitative estimate of drug-likeness (QED) is 0.442. The van der Waals surface area contributed by atoms with Crippen LogP contribution in [0.15, 0.2) is 73.1 Å². The maximum Gasteiger partial charge on any atom is 0.177 e. The average Bonchev–Trinajstić information content (AvgIpc) is 2.54. The minimum atomic E-state index is 1.28. The van der Waals surface area contributed by atoms with E-state index in [0.29, 0.717) is 0 Å². The van der Waals surface area contributed by atoms with Crippen LogP contribution in [0.25, 0.3) is 32.7 Å². The molecule has 0 aliphatic rings. The van der Waals surface area contributed by atoms with Crippen molar-refractivity contribution in [2.24, 2.45) is 7.05 Å². The molecule has 0 bridgehead atoms. The zero-order valence-electron chi connectivity index (χ0n) is 12.9. The summed E-state index contributed by atoms with van der Waals surface area (Å²) in [5, 5.41) is 5.18. The van der Waals surface area contributed by atoms with Crippen LogP contribution in [0.5, 0.6) is 0 Å². The second kappa shape index (κ2) is 4.96. The number of hydrogen-bond donors (Lipinski definition) is 0. The smallest absolute Gasteiger partial charge is 0.177 e. The molecule has 22 heavy (non-hydrogen) atoms. The molecule has 0 saturated heterocycles. The van der Waals surface area contributed by atoms with Crippen LogP contribution in [-0.4, -0.2) is 0 Å². The lowest BCUT2D eigenvalue weighted by Crippen LogP contribution is -2.25. The second-order valence-electron chi connectivity index (χ2n) is 5.95. The lowest BCUT2D eigenvalue weighted by molar-refractivity contribution is -0.670. The van der Waals surface area contributed by atoms with Gasteiger partial charge in [-0.1, -0.05) is 60.2 Å². The molecule has 1 aromatic heterocycles. The van der Waals surface area contributed by atoms with E-state index in [1.807, 2.05) is 0 Å². The van der Waals surface area contributed by atoms with Crippen molar-refractivity contribution in [3.05, 3.63) is 78.6 Å². The van der Waals surface area contributed by atoms with Gasteiger partial charge in [0.05, 0.1) is 5.39 Å². The number of nitrogens with zero attached hydrogens (tertiary/aromatic N) is 1. The van der Waals surface area contributed by atoms with Gasteiger partial charge in [-0.2, -0.15) is 0 Å². The summed E-state index contributed by atoms with van der Waals surface area (Å²) in [7, 11) is 2.07. The molecule has 1 nitrogen and oxygen atoms in total. The molecule has 0 amide bonds. The van der Waals surface area contributed by atoms with Crippen molar-refractivity contribution >= 4 is 21.5 Å². The highest BCUT2D eigenvalue weighted by atomic mass is 14.9. The van der Waals surface area contributed by atoms with Gasteiger partial charge in [0.2, 0.25) is 0 Å². The standard InChI is InChI=1S/C21H18N/c1-15-9-10-16-5-3-7-18(20(16)13-15)19-8-4-6-17-11-12-22(2)14-21(17)19/h3-14H,1-2H3/q+1. The minimum Gasteiger partial charge on any atom is -0.207 e. The number of hydrogen-bond acceptors (Lipinski definition) is 0. The fourth-order valence-electron chi connectivity index (χ4n) is 3.17. The third-order valence-corrected chi connectivity index (χ3v) is 4.29. The van der Waals surface area contributed by atoms with E-state index < -0.39 is 0 Å². The van der Waals surface area contributed by atoms with Crippen LogP contribution in [-0.2, 0) is 7.05 Å². The van der Waals surface area contributed by atoms with E-state index in [1.165, 1.54) is 38.2 Å². The Morgan fingerprint density at radius 2 is 1.41 bits per heavy atom. The predicted octanol–water partition coefficient (Wildman–Crippen LogP) is 4.79. The summed E-state index contributed by atoms with van der Waals surface area (Å²) in [6, 6.07) is 21.9. The van der Waals surface area contributed by atoms with Gasteiger partial charge in [0.1, 0.15) is 7.05 Å². The molecule has 0 aliphatic heterocycles. The van der Waals surface area contributed by atoms with E-state index in [1.54, 1.807) is 0 Å². The number of aromatic nitrogens is 1. The lowest BCUT2D eigenvalue weighted by atomic mass is 9.94. The van der Waals surface area contributed by atoms with Gasteiger partial charge in [-0.3, -0.25) is 0 Å². The lowest BCUT2D eigenvalue weighted by Gasteiger charge is -2.10. The molecule has 0 atom stereocenters. The first-order chi connectivity index (χ1) is 10.7. The molecule has 0 unspecified atom stereocenters. The molecular weight excluding hydrogens is 266 g/mol. The maximum absolute atomic E-state index is 2.28. The van der Waals surface area contributed by atoms with Crippen LogP contribution in [0.4, 0.5) is 0 Å². The highest BCUT2D eigenvalue weighted by Crippen LogP contribution is 2.33. The minimum absolute atomic E-state index is 1.28. The van der Waals surface area contributed by atoms with Gasteiger partial charge in [-0.25, -0.2) is 4.57 Å². The van der Waals surface area contributed by atoms with E-state index in [2.05, 4.69) is 91.6 Å². The summed E-state index contributed by atoms with van der Waals surface area (Å²) in [5.41, 5.74) is 3.90. The molecule has 0 spiro atoms. The van der Waals surface area contributed by atoms with Crippen molar-refractivity contribution in [3.63, 3.8) is 0 Å². The van der Waals surface area contributed by atoms with Crippen LogP contribution >= 0.6 is 0 Å². The number of fused-ring (bicyclic) bond motifs is 2. The summed E-state index contributed by atoms with van der Waals surface area (Å²) < 4.78 is 2.11. The Kier molecular flexibility index (Phi) is 2.93. The van der Waals surface area contributed by atoms with E-state index >= 15 is 0 Å². The third kappa shape index (κ3) is 2.06. The fraction of sp³-hybridized carbons (Fsp3) is 0.0952. The summed E-state index contributed by atoms with van der Waals surface area (Å²) in [6.07, 6.45) is 4.30. The Bertz CT molecular complexity index is 916. The molecule has 3 aromatic carbocycles. The van der Waals surface area contributed by atoms with Gasteiger partial charge < -0.3 is 0 Å². The first kappa shape index (κ1) is 13.0. The number of benzene rings is 3. The van der Waals surface area contributed by atoms with Crippen LogP contribution in [0, 0.1) is 6.92 Å². The van der Waals surface area contributed by atoms with Crippen LogP contribution in [0.2, 0.25) is 0 Å². The van der Waals surface area contributed by atoms with E-state index in [0.717, 1.165) is 0 Å². The maximum atomic E-state index is 2.28. The van der Waals surface area contributed by atoms with Crippen molar-refractivity contribution < 1.29 is 4.57 Å². The Morgan fingerprint density at radius 1 is 0.727 bits per heavy atom. The Balaban J connectivity index is 2.11. The molecule has 0 N–H and O–H groups in total. The molecule has 0 radical (unpaired) electrons. The van der Waals surface area contributed by atoms with Gasteiger partial charge in [-0.15, -0.1) is 0 Å². The van der Waals surface area contributed by atoms with Gasteiger partial charge in [0, 0.05) is 6.07 Å². The van der Waals surface area contributed by atoms with E-state index in [-0.39, 0.29) is 0 Å². The summed E-state index contributed by atoms with van der Waals surface area (Å²) in [5.74, 6) is 0. The molecule has 0 fully saturated rings.